The third-order valence-corrected chi connectivity index (χ3v) is 3.56. The fourth-order valence-corrected chi connectivity index (χ4v) is 2.60. The van der Waals surface area contributed by atoms with Gasteiger partial charge in [0.2, 0.25) is 0 Å². The van der Waals surface area contributed by atoms with Crippen molar-refractivity contribution in [3.05, 3.63) is 29.3 Å². The molecule has 3 nitrogen and oxygen atoms in total. The number of nitrogens with zero attached hydrogens (tertiary/aromatic N) is 1. The number of hydrogen-bond acceptors (Lipinski definition) is 4. The number of rotatable bonds is 2. The molecule has 1 aliphatic carbocycles. The molecule has 5 heteroatoms. The maximum atomic E-state index is 12.2. The minimum atomic E-state index is -0.0357. The van der Waals surface area contributed by atoms with Crippen molar-refractivity contribution >= 4 is 17.8 Å². The third-order valence-electron chi connectivity index (χ3n) is 3.01. The molecule has 0 heterocycles. The van der Waals surface area contributed by atoms with E-state index in [1.54, 1.807) is 12.1 Å². The van der Waals surface area contributed by atoms with Gasteiger partial charge in [-0.05, 0) is 32.6 Å². The summed E-state index contributed by atoms with van der Waals surface area (Å²) in [4.78, 5) is 14.8. The van der Waals surface area contributed by atoms with Gasteiger partial charge in [-0.1, -0.05) is 16.9 Å². The molecule has 0 aliphatic heterocycles. The van der Waals surface area contributed by atoms with Crippen LogP contribution in [0.3, 0.4) is 0 Å². The number of fused-ring (bicyclic) bond motifs is 1. The summed E-state index contributed by atoms with van der Waals surface area (Å²) in [5.74, 6) is 0.149. The van der Waals surface area contributed by atoms with Gasteiger partial charge in [-0.25, -0.2) is 0 Å². The van der Waals surface area contributed by atoms with E-state index < -0.39 is 0 Å². The molecule has 1 N–H and O–H groups in total. The Balaban J connectivity index is 0.00000144. The van der Waals surface area contributed by atoms with E-state index in [-0.39, 0.29) is 42.9 Å². The Morgan fingerprint density at radius 1 is 1.53 bits per heavy atom. The van der Waals surface area contributed by atoms with Gasteiger partial charge in [-0.15, -0.1) is 5.56 Å². The minimum Gasteiger partial charge on any atom is -0.327 e. The molecule has 0 saturated heterocycles. The topological polar surface area (TPSA) is 40.5 Å². The molecule has 17 heavy (non-hydrogen) atoms. The Labute approximate surface area is 130 Å². The Hall–Kier alpha value is 0.212. The van der Waals surface area contributed by atoms with Crippen molar-refractivity contribution in [2.24, 2.45) is 0 Å². The normalized spacial score (nSPS) is 18.8. The van der Waals surface area contributed by atoms with E-state index >= 15 is 0 Å². The van der Waals surface area contributed by atoms with Crippen molar-refractivity contribution in [2.75, 3.05) is 14.1 Å². The quantitative estimate of drug-likeness (QED) is 0.527. The van der Waals surface area contributed by atoms with Crippen LogP contribution < -0.4 is 0 Å². The van der Waals surface area contributed by atoms with E-state index in [0.29, 0.717) is 16.9 Å². The number of benzene rings is 1. The molecule has 0 amide bonds. The van der Waals surface area contributed by atoms with Crippen LogP contribution in [0.15, 0.2) is 17.0 Å². The predicted molar refractivity (Wildman–Crippen MR) is 63.9 cm³/mol. The second kappa shape index (κ2) is 6.40. The summed E-state index contributed by atoms with van der Waals surface area (Å²) < 4.78 is 9.12. The fourth-order valence-electron chi connectivity index (χ4n) is 2.16. The summed E-state index contributed by atoms with van der Waals surface area (Å²) in [5, 5.41) is 0. The summed E-state index contributed by atoms with van der Waals surface area (Å²) >= 11 is 0.674. The summed E-state index contributed by atoms with van der Waals surface area (Å²) in [5.41, 5.74) is 1.68. The Morgan fingerprint density at radius 2 is 2.24 bits per heavy atom. The minimum absolute atomic E-state index is 0. The van der Waals surface area contributed by atoms with Crippen LogP contribution in [0.4, 0.5) is 0 Å². The van der Waals surface area contributed by atoms with E-state index in [2.05, 4.69) is 6.07 Å². The van der Waals surface area contributed by atoms with Crippen LogP contribution in [0, 0.1) is 37.2 Å². The molecule has 0 aromatic heterocycles. The van der Waals surface area contributed by atoms with Crippen LogP contribution in [0.2, 0.25) is 0 Å². The van der Waals surface area contributed by atoms with E-state index in [1.807, 2.05) is 19.0 Å². The monoisotopic (exact) mass is 474 g/mol. The van der Waals surface area contributed by atoms with E-state index in [1.165, 1.54) is 0 Å². The molecule has 0 spiro atoms. The van der Waals surface area contributed by atoms with Crippen molar-refractivity contribution in [3.63, 3.8) is 0 Å². The second-order valence-corrected chi connectivity index (χ2v) is 4.76. The van der Waals surface area contributed by atoms with Crippen molar-refractivity contribution in [2.45, 2.75) is 23.8 Å². The number of likely N-dealkylation sites (N-methyl/N-ethyl adjacent to an activating group) is 1. The second-order valence-electron chi connectivity index (χ2n) is 4.17. The standard InChI is InChI=1S/C12H14NO2S.U/c1-13(2)10-7-6-8-9(12(10)14)4-3-5-11(8)16-15;/h3-4,10,15H,6-7H2,1-2H3;/q-1;. The molecule has 1 aliphatic rings. The molecule has 1 aromatic carbocycles. The molecule has 90 valence electrons. The van der Waals surface area contributed by atoms with Crippen molar-refractivity contribution in [1.82, 2.24) is 4.90 Å². The molecule has 1 aromatic rings. The molecular weight excluding hydrogens is 460 g/mol. The van der Waals surface area contributed by atoms with Gasteiger partial charge in [0.1, 0.15) is 0 Å². The molecule has 0 bridgehead atoms. The SMILES string of the molecule is CN(C)C1CCc2c(SO)[c-]ccc2C1=O.[U]. The van der Waals surface area contributed by atoms with Crippen molar-refractivity contribution in [3.8, 4) is 0 Å². The zero-order chi connectivity index (χ0) is 11.7. The van der Waals surface area contributed by atoms with Gasteiger partial charge in [0.25, 0.3) is 0 Å². The zero-order valence-electron chi connectivity index (χ0n) is 9.86. The average molecular weight is 474 g/mol. The maximum absolute atomic E-state index is 12.2. The van der Waals surface area contributed by atoms with E-state index in [0.717, 1.165) is 24.0 Å². The van der Waals surface area contributed by atoms with Gasteiger partial charge >= 0.3 is 0 Å². The van der Waals surface area contributed by atoms with Crippen LogP contribution >= 0.6 is 12.0 Å². The van der Waals surface area contributed by atoms with Gasteiger partial charge in [0.05, 0.1) is 6.04 Å². The van der Waals surface area contributed by atoms with Crippen LogP contribution in [0.5, 0.6) is 0 Å². The number of carbonyl (C=O) groups is 1. The Bertz CT molecular complexity index is 423. The summed E-state index contributed by atoms with van der Waals surface area (Å²) in [6, 6.07) is 6.42. The Kier molecular flexibility index (Phi) is 5.75. The van der Waals surface area contributed by atoms with Gasteiger partial charge < -0.3 is 4.55 Å². The number of carbonyl (C=O) groups excluding carboxylic acids is 1. The van der Waals surface area contributed by atoms with Crippen LogP contribution in [-0.4, -0.2) is 35.4 Å². The van der Waals surface area contributed by atoms with Gasteiger partial charge in [0.15, 0.2) is 5.78 Å². The molecule has 2 rings (SSSR count). The molecule has 0 radical (unpaired) electrons. The van der Waals surface area contributed by atoms with Gasteiger partial charge in [0, 0.05) is 31.1 Å². The number of ketones is 1. The predicted octanol–water partition coefficient (Wildman–Crippen LogP) is 2.11. The van der Waals surface area contributed by atoms with Crippen LogP contribution in [-0.2, 0) is 6.42 Å². The van der Waals surface area contributed by atoms with Crippen LogP contribution in [0.25, 0.3) is 0 Å². The van der Waals surface area contributed by atoms with Crippen molar-refractivity contribution in [1.29, 1.82) is 0 Å². The largest absolute Gasteiger partial charge is 0.327 e. The molecule has 1 unspecified atom stereocenters. The molecule has 1 atom stereocenters. The zero-order valence-corrected chi connectivity index (χ0v) is 14.8. The first-order chi connectivity index (χ1) is 7.65. The molecule has 0 fully saturated rings. The number of Topliss-reactive ketones (excluding diaryl/α,β-unsaturated/α-hetero) is 1. The smallest absolute Gasteiger partial charge is 0.156 e. The van der Waals surface area contributed by atoms with Crippen molar-refractivity contribution < 1.29 is 40.5 Å². The first kappa shape index (κ1) is 15.3. The maximum Gasteiger partial charge on any atom is 0.156 e. The molecular formula is C12H14NO2SU-. The third kappa shape index (κ3) is 2.97. The average Bonchev–Trinajstić information content (AvgIpc) is 2.28. The summed E-state index contributed by atoms with van der Waals surface area (Å²) in [6.45, 7) is 0. The Morgan fingerprint density at radius 3 is 2.82 bits per heavy atom. The molecule has 0 saturated carbocycles. The first-order valence-electron chi connectivity index (χ1n) is 5.20. The van der Waals surface area contributed by atoms with E-state index in [4.69, 9.17) is 4.55 Å². The first-order valence-corrected chi connectivity index (χ1v) is 5.98. The summed E-state index contributed by atoms with van der Waals surface area (Å²) in [6.07, 6.45) is 1.63. The van der Waals surface area contributed by atoms with E-state index in [9.17, 15) is 4.79 Å². The number of hydrogen-bond donors (Lipinski definition) is 1. The summed E-state index contributed by atoms with van der Waals surface area (Å²) in [7, 11) is 3.84. The van der Waals surface area contributed by atoms with Gasteiger partial charge in [-0.2, -0.15) is 18.2 Å². The fraction of sp³-hybridized carbons (Fsp3) is 0.417. The van der Waals surface area contributed by atoms with Gasteiger partial charge in [-0.3, -0.25) is 9.69 Å². The van der Waals surface area contributed by atoms with Crippen LogP contribution in [0.1, 0.15) is 22.3 Å².